The summed E-state index contributed by atoms with van der Waals surface area (Å²) in [5.41, 5.74) is 0.775. The number of para-hydroxylation sites is 1. The lowest BCUT2D eigenvalue weighted by atomic mass is 10.0. The third-order valence-electron chi connectivity index (χ3n) is 4.68. The van der Waals surface area contributed by atoms with Gasteiger partial charge in [-0.3, -0.25) is 9.59 Å². The minimum atomic E-state index is -0.503. The summed E-state index contributed by atoms with van der Waals surface area (Å²) in [5.74, 6) is -0.598. The molecule has 0 saturated carbocycles. The number of hydrogen-bond acceptors (Lipinski definition) is 5. The quantitative estimate of drug-likeness (QED) is 0.491. The van der Waals surface area contributed by atoms with E-state index in [2.05, 4.69) is 5.32 Å². The van der Waals surface area contributed by atoms with E-state index in [9.17, 15) is 14.4 Å². The predicted molar refractivity (Wildman–Crippen MR) is 109 cm³/mol. The fraction of sp³-hybridized carbons (Fsp3) is 0.550. The first-order valence-electron chi connectivity index (χ1n) is 9.66. The lowest BCUT2D eigenvalue weighted by Crippen LogP contribution is -3.11. The fourth-order valence-electron chi connectivity index (χ4n) is 3.35. The molecule has 28 heavy (non-hydrogen) atoms. The molecule has 0 spiro atoms. The number of amides is 2. The first-order valence-corrected chi connectivity index (χ1v) is 10.9. The van der Waals surface area contributed by atoms with Crippen molar-refractivity contribution in [2.45, 2.75) is 37.1 Å². The molecule has 8 heteroatoms. The maximum atomic E-state index is 12.7. The zero-order chi connectivity index (χ0) is 20.5. The molecule has 0 bridgehead atoms. The maximum Gasteiger partial charge on any atom is 0.328 e. The van der Waals surface area contributed by atoms with Crippen LogP contribution in [0.15, 0.2) is 29.2 Å². The number of nitrogens with one attached hydrogen (secondary N) is 2. The second-order valence-corrected chi connectivity index (χ2v) is 7.76. The molecule has 1 unspecified atom stereocenters. The molecule has 2 rings (SSSR count). The van der Waals surface area contributed by atoms with Gasteiger partial charge in [0.1, 0.15) is 6.04 Å². The molecule has 0 aromatic heterocycles. The second-order valence-electron chi connectivity index (χ2n) is 6.91. The Balaban J connectivity index is 1.90. The van der Waals surface area contributed by atoms with Crippen LogP contribution in [0, 0.1) is 0 Å². The first kappa shape index (κ1) is 22.2. The van der Waals surface area contributed by atoms with Crippen molar-refractivity contribution < 1.29 is 24.0 Å². The van der Waals surface area contributed by atoms with Gasteiger partial charge in [0.25, 0.3) is 11.8 Å². The topological polar surface area (TPSA) is 80.2 Å². The van der Waals surface area contributed by atoms with Gasteiger partial charge in [-0.15, -0.1) is 11.8 Å². The third-order valence-corrected chi connectivity index (χ3v) is 5.47. The molecule has 1 heterocycles. The highest BCUT2D eigenvalue weighted by molar-refractivity contribution is 7.98. The number of carbonyl (C=O) groups excluding carboxylic acids is 3. The number of piperidine rings is 1. The van der Waals surface area contributed by atoms with E-state index < -0.39 is 6.04 Å². The average molecular weight is 409 g/mol. The number of rotatable bonds is 8. The Hall–Kier alpha value is -2.06. The zero-order valence-corrected chi connectivity index (χ0v) is 17.6. The van der Waals surface area contributed by atoms with Crippen LogP contribution in [-0.2, 0) is 19.1 Å². The number of quaternary nitrogens is 1. The van der Waals surface area contributed by atoms with Crippen LogP contribution in [0.2, 0.25) is 0 Å². The van der Waals surface area contributed by atoms with Gasteiger partial charge < -0.3 is 19.9 Å². The van der Waals surface area contributed by atoms with E-state index in [-0.39, 0.29) is 30.9 Å². The zero-order valence-electron chi connectivity index (χ0n) is 16.8. The van der Waals surface area contributed by atoms with Crippen LogP contribution in [0.4, 0.5) is 5.69 Å². The Morgan fingerprint density at radius 2 is 2.00 bits per heavy atom. The van der Waals surface area contributed by atoms with Crippen molar-refractivity contribution in [3.05, 3.63) is 24.3 Å². The van der Waals surface area contributed by atoms with Crippen molar-refractivity contribution in [3.8, 4) is 0 Å². The SMILES string of the molecule is CCOC(=O)[C@H]1CCCCN1C(=O)C[NH+](C)CC(=O)Nc1ccccc1SC. The van der Waals surface area contributed by atoms with Crippen LogP contribution in [-0.4, -0.2) is 68.3 Å². The van der Waals surface area contributed by atoms with Crippen molar-refractivity contribution >= 4 is 35.2 Å². The molecule has 1 saturated heterocycles. The Morgan fingerprint density at radius 3 is 2.71 bits per heavy atom. The summed E-state index contributed by atoms with van der Waals surface area (Å²) in [4.78, 5) is 40.6. The number of nitrogens with zero attached hydrogens (tertiary/aromatic N) is 1. The second kappa shape index (κ2) is 11.1. The number of hydrogen-bond donors (Lipinski definition) is 2. The van der Waals surface area contributed by atoms with E-state index >= 15 is 0 Å². The van der Waals surface area contributed by atoms with E-state index in [1.165, 1.54) is 0 Å². The monoisotopic (exact) mass is 408 g/mol. The standard InChI is InChI=1S/C20H29N3O4S/c1-4-27-20(26)16-10-7-8-12-23(16)19(25)14-22(2)13-18(24)21-15-9-5-6-11-17(15)28-3/h5-6,9,11,16H,4,7-8,10,12-14H2,1-3H3,(H,21,24)/p+1/t16-/m1/s1. The average Bonchev–Trinajstić information content (AvgIpc) is 2.68. The van der Waals surface area contributed by atoms with Crippen LogP contribution < -0.4 is 10.2 Å². The van der Waals surface area contributed by atoms with Gasteiger partial charge in [0.05, 0.1) is 19.3 Å². The number of anilines is 1. The molecule has 2 amide bonds. The molecule has 0 radical (unpaired) electrons. The summed E-state index contributed by atoms with van der Waals surface area (Å²) in [6, 6.07) is 7.11. The first-order chi connectivity index (χ1) is 13.5. The minimum absolute atomic E-state index is 0.118. The number of esters is 1. The molecule has 1 aromatic rings. The molecule has 2 N–H and O–H groups in total. The van der Waals surface area contributed by atoms with Crippen molar-refractivity contribution in [3.63, 3.8) is 0 Å². The van der Waals surface area contributed by atoms with Gasteiger partial charge in [0.2, 0.25) is 0 Å². The van der Waals surface area contributed by atoms with E-state index in [0.29, 0.717) is 19.6 Å². The van der Waals surface area contributed by atoms with Crippen molar-refractivity contribution in [1.82, 2.24) is 4.90 Å². The summed E-state index contributed by atoms with van der Waals surface area (Å²) < 4.78 is 5.11. The van der Waals surface area contributed by atoms with Crippen LogP contribution in [0.25, 0.3) is 0 Å². The van der Waals surface area contributed by atoms with Crippen molar-refractivity contribution in [2.75, 3.05) is 44.9 Å². The smallest absolute Gasteiger partial charge is 0.328 e. The number of likely N-dealkylation sites (tertiary alicyclic amines) is 1. The van der Waals surface area contributed by atoms with Crippen molar-refractivity contribution in [1.29, 1.82) is 0 Å². The van der Waals surface area contributed by atoms with Gasteiger partial charge in [-0.25, -0.2) is 4.79 Å². The van der Waals surface area contributed by atoms with Gasteiger partial charge in [-0.05, 0) is 44.6 Å². The Labute approximate surface area is 170 Å². The summed E-state index contributed by atoms with van der Waals surface area (Å²) >= 11 is 1.57. The van der Waals surface area contributed by atoms with E-state index in [4.69, 9.17) is 4.74 Å². The molecule has 1 aromatic carbocycles. The normalized spacial score (nSPS) is 17.7. The van der Waals surface area contributed by atoms with Gasteiger partial charge >= 0.3 is 5.97 Å². The largest absolute Gasteiger partial charge is 0.464 e. The summed E-state index contributed by atoms with van der Waals surface area (Å²) in [7, 11) is 1.81. The number of likely N-dealkylation sites (N-methyl/N-ethyl adjacent to an activating group) is 1. The highest BCUT2D eigenvalue weighted by Gasteiger charge is 2.34. The van der Waals surface area contributed by atoms with Crippen molar-refractivity contribution in [2.24, 2.45) is 0 Å². The number of carbonyl (C=O) groups is 3. The molecule has 7 nitrogen and oxygen atoms in total. The lowest BCUT2D eigenvalue weighted by Gasteiger charge is -2.34. The summed E-state index contributed by atoms with van der Waals surface area (Å²) in [6.07, 6.45) is 4.38. The molecular weight excluding hydrogens is 378 g/mol. The number of ether oxygens (including phenoxy) is 1. The van der Waals surface area contributed by atoms with Gasteiger partial charge in [-0.1, -0.05) is 12.1 Å². The highest BCUT2D eigenvalue weighted by atomic mass is 32.2. The van der Waals surface area contributed by atoms with Crippen LogP contribution in [0.5, 0.6) is 0 Å². The summed E-state index contributed by atoms with van der Waals surface area (Å²) in [6.45, 7) is 2.96. The Bertz CT molecular complexity index is 698. The molecule has 2 atom stereocenters. The van der Waals surface area contributed by atoms with Crippen LogP contribution >= 0.6 is 11.8 Å². The number of benzene rings is 1. The summed E-state index contributed by atoms with van der Waals surface area (Å²) in [5, 5.41) is 2.91. The third kappa shape index (κ3) is 6.24. The number of thioether (sulfide) groups is 1. The van der Waals surface area contributed by atoms with Crippen LogP contribution in [0.3, 0.4) is 0 Å². The molecule has 0 aliphatic carbocycles. The fourth-order valence-corrected chi connectivity index (χ4v) is 3.91. The molecule has 1 fully saturated rings. The van der Waals surface area contributed by atoms with Crippen LogP contribution in [0.1, 0.15) is 26.2 Å². The molecular formula is C20H30N3O4S+. The Morgan fingerprint density at radius 1 is 1.25 bits per heavy atom. The molecule has 1 aliphatic rings. The highest BCUT2D eigenvalue weighted by Crippen LogP contribution is 2.24. The minimum Gasteiger partial charge on any atom is -0.464 e. The van der Waals surface area contributed by atoms with Gasteiger partial charge in [-0.2, -0.15) is 0 Å². The predicted octanol–water partition coefficient (Wildman–Crippen LogP) is 0.806. The van der Waals surface area contributed by atoms with E-state index in [0.717, 1.165) is 28.3 Å². The van der Waals surface area contributed by atoms with Gasteiger partial charge in [0, 0.05) is 11.4 Å². The lowest BCUT2D eigenvalue weighted by molar-refractivity contribution is -0.862. The Kier molecular flexibility index (Phi) is 8.79. The van der Waals surface area contributed by atoms with Gasteiger partial charge in [0.15, 0.2) is 13.1 Å². The van der Waals surface area contributed by atoms with E-state index in [1.54, 1.807) is 30.6 Å². The molecule has 154 valence electrons. The maximum absolute atomic E-state index is 12.7. The van der Waals surface area contributed by atoms with E-state index in [1.807, 2.05) is 30.5 Å². The molecule has 1 aliphatic heterocycles.